The lowest BCUT2D eigenvalue weighted by atomic mass is 10.1. The molecule has 6 nitrogen and oxygen atoms in total. The van der Waals surface area contributed by atoms with E-state index in [2.05, 4.69) is 10.4 Å². The quantitative estimate of drug-likeness (QED) is 0.489. The lowest BCUT2D eigenvalue weighted by Crippen LogP contribution is -2.34. The standard InChI is InChI=1S/C7H13N3O3/c1-9-6(7(12)13)3-2-5(11)4-10-8/h6,8-9H,2-4H2,1H3,(H,12,13)/t6-/m1/s1. The third-order valence-corrected chi connectivity index (χ3v) is 1.61. The van der Waals surface area contributed by atoms with Gasteiger partial charge in [0.05, 0.1) is 0 Å². The van der Waals surface area contributed by atoms with Crippen LogP contribution in [0.4, 0.5) is 0 Å². The van der Waals surface area contributed by atoms with Crippen molar-refractivity contribution in [2.24, 2.45) is 5.11 Å². The maximum Gasteiger partial charge on any atom is 0.320 e. The zero-order valence-electron chi connectivity index (χ0n) is 7.41. The summed E-state index contributed by atoms with van der Waals surface area (Å²) >= 11 is 0. The Morgan fingerprint density at radius 2 is 2.23 bits per heavy atom. The average Bonchev–Trinajstić information content (AvgIpc) is 2.05. The molecular formula is C7H13N3O3. The van der Waals surface area contributed by atoms with Crippen molar-refractivity contribution in [3.8, 4) is 0 Å². The molecule has 74 valence electrons. The van der Waals surface area contributed by atoms with Crippen LogP contribution in [0.3, 0.4) is 0 Å². The molecule has 0 amide bonds. The summed E-state index contributed by atoms with van der Waals surface area (Å²) in [5.74, 6) is -1.19. The van der Waals surface area contributed by atoms with E-state index < -0.39 is 12.0 Å². The van der Waals surface area contributed by atoms with Gasteiger partial charge in [0.25, 0.3) is 0 Å². The van der Waals surface area contributed by atoms with Crippen LogP contribution < -0.4 is 5.32 Å². The van der Waals surface area contributed by atoms with Gasteiger partial charge in [0.15, 0.2) is 5.78 Å². The molecule has 13 heavy (non-hydrogen) atoms. The van der Waals surface area contributed by atoms with Crippen LogP contribution in [0.2, 0.25) is 0 Å². The predicted molar refractivity (Wildman–Crippen MR) is 44.7 cm³/mol. The van der Waals surface area contributed by atoms with Gasteiger partial charge >= 0.3 is 5.97 Å². The molecule has 6 heteroatoms. The summed E-state index contributed by atoms with van der Waals surface area (Å²) < 4.78 is 0. The van der Waals surface area contributed by atoms with E-state index in [-0.39, 0.29) is 25.2 Å². The predicted octanol–water partition coefficient (Wildman–Crippen LogP) is 0.0393. The highest BCUT2D eigenvalue weighted by Crippen LogP contribution is 1.98. The lowest BCUT2D eigenvalue weighted by Gasteiger charge is -2.08. The number of Topliss-reactive ketones (excluding diaryl/α,β-unsaturated/α-hetero) is 1. The molecule has 0 aliphatic heterocycles. The zero-order valence-corrected chi connectivity index (χ0v) is 7.41. The summed E-state index contributed by atoms with van der Waals surface area (Å²) in [6.07, 6.45) is 0.375. The number of hydrogen-bond donors (Lipinski definition) is 3. The van der Waals surface area contributed by atoms with Crippen molar-refractivity contribution in [1.29, 1.82) is 5.53 Å². The highest BCUT2D eigenvalue weighted by Gasteiger charge is 2.15. The van der Waals surface area contributed by atoms with E-state index in [0.29, 0.717) is 0 Å². The van der Waals surface area contributed by atoms with Gasteiger partial charge in [-0.25, -0.2) is 5.53 Å². The summed E-state index contributed by atoms with van der Waals surface area (Å²) in [7, 11) is 1.53. The van der Waals surface area contributed by atoms with Crippen LogP contribution in [0.5, 0.6) is 0 Å². The summed E-state index contributed by atoms with van der Waals surface area (Å²) in [5, 5.41) is 14.1. The SMILES string of the molecule is CN[C@H](CCC(=O)CN=N)C(=O)O. The summed E-state index contributed by atoms with van der Waals surface area (Å²) in [5.41, 5.74) is 6.42. The molecule has 0 aromatic heterocycles. The van der Waals surface area contributed by atoms with Crippen molar-refractivity contribution in [2.45, 2.75) is 18.9 Å². The molecule has 3 N–H and O–H groups in total. The third-order valence-electron chi connectivity index (χ3n) is 1.61. The molecule has 1 atom stereocenters. The second-order valence-corrected chi connectivity index (χ2v) is 2.57. The van der Waals surface area contributed by atoms with Gasteiger partial charge in [0.1, 0.15) is 12.6 Å². The first-order chi connectivity index (χ1) is 6.11. The van der Waals surface area contributed by atoms with Crippen molar-refractivity contribution in [1.82, 2.24) is 5.32 Å². The second-order valence-electron chi connectivity index (χ2n) is 2.57. The van der Waals surface area contributed by atoms with Crippen molar-refractivity contribution < 1.29 is 14.7 Å². The molecule has 0 rings (SSSR count). The van der Waals surface area contributed by atoms with Gasteiger partial charge in [-0.15, -0.1) is 0 Å². The first-order valence-corrected chi connectivity index (χ1v) is 3.86. The van der Waals surface area contributed by atoms with Crippen molar-refractivity contribution in [3.05, 3.63) is 0 Å². The van der Waals surface area contributed by atoms with E-state index in [1.165, 1.54) is 7.05 Å². The number of nitrogens with one attached hydrogen (secondary N) is 2. The Hall–Kier alpha value is -1.30. The van der Waals surface area contributed by atoms with Crippen LogP contribution in [0, 0.1) is 5.53 Å². The molecule has 0 unspecified atom stereocenters. The molecular weight excluding hydrogens is 174 g/mol. The molecule has 0 radical (unpaired) electrons. The molecule has 0 aliphatic rings. The van der Waals surface area contributed by atoms with Crippen molar-refractivity contribution in [3.63, 3.8) is 0 Å². The van der Waals surface area contributed by atoms with E-state index >= 15 is 0 Å². The highest BCUT2D eigenvalue weighted by atomic mass is 16.4. The fraction of sp³-hybridized carbons (Fsp3) is 0.714. The second kappa shape index (κ2) is 6.24. The molecule has 0 saturated carbocycles. The van der Waals surface area contributed by atoms with Crippen LogP contribution in [-0.4, -0.2) is 36.5 Å². The Balaban J connectivity index is 3.78. The average molecular weight is 187 g/mol. The molecule has 0 heterocycles. The Morgan fingerprint density at radius 3 is 2.62 bits per heavy atom. The van der Waals surface area contributed by atoms with Crippen LogP contribution in [0.1, 0.15) is 12.8 Å². The fourth-order valence-corrected chi connectivity index (χ4v) is 0.864. The van der Waals surface area contributed by atoms with Crippen LogP contribution in [0.15, 0.2) is 5.11 Å². The Labute approximate surface area is 75.8 Å². The molecule has 0 bridgehead atoms. The minimum Gasteiger partial charge on any atom is -0.480 e. The van der Waals surface area contributed by atoms with Gasteiger partial charge in [-0.1, -0.05) is 0 Å². The van der Waals surface area contributed by atoms with Crippen molar-refractivity contribution >= 4 is 11.8 Å². The normalized spacial score (nSPS) is 12.1. The highest BCUT2D eigenvalue weighted by molar-refractivity contribution is 5.81. The first kappa shape index (κ1) is 11.7. The number of aliphatic carboxylic acids is 1. The van der Waals surface area contributed by atoms with E-state index in [1.54, 1.807) is 0 Å². The van der Waals surface area contributed by atoms with Gasteiger partial charge in [0.2, 0.25) is 0 Å². The van der Waals surface area contributed by atoms with E-state index in [0.717, 1.165) is 0 Å². The number of rotatable bonds is 7. The van der Waals surface area contributed by atoms with Crippen LogP contribution in [0.25, 0.3) is 0 Å². The van der Waals surface area contributed by atoms with Gasteiger partial charge in [-0.05, 0) is 13.5 Å². The Kier molecular flexibility index (Phi) is 5.62. The number of carboxylic acids is 1. The number of ketones is 1. The monoisotopic (exact) mass is 187 g/mol. The van der Waals surface area contributed by atoms with Gasteiger partial charge in [0, 0.05) is 6.42 Å². The Morgan fingerprint density at radius 1 is 1.62 bits per heavy atom. The molecule has 0 fully saturated rings. The minimum atomic E-state index is -0.974. The van der Waals surface area contributed by atoms with Crippen molar-refractivity contribution in [2.75, 3.05) is 13.6 Å². The van der Waals surface area contributed by atoms with Gasteiger partial charge in [-0.3, -0.25) is 9.59 Å². The van der Waals surface area contributed by atoms with Gasteiger partial charge < -0.3 is 10.4 Å². The van der Waals surface area contributed by atoms with Crippen LogP contribution in [-0.2, 0) is 9.59 Å². The molecule has 0 saturated heterocycles. The number of hydrogen-bond acceptors (Lipinski definition) is 5. The van der Waals surface area contributed by atoms with Crippen LogP contribution >= 0.6 is 0 Å². The molecule has 0 aromatic carbocycles. The summed E-state index contributed by atoms with van der Waals surface area (Å²) in [4.78, 5) is 21.3. The molecule has 0 aromatic rings. The minimum absolute atomic E-state index is 0.139. The third kappa shape index (κ3) is 5.02. The fourth-order valence-electron chi connectivity index (χ4n) is 0.864. The maximum absolute atomic E-state index is 10.9. The van der Waals surface area contributed by atoms with E-state index in [9.17, 15) is 9.59 Å². The number of carbonyl (C=O) groups excluding carboxylic acids is 1. The number of carbonyl (C=O) groups is 2. The summed E-state index contributed by atoms with van der Waals surface area (Å²) in [6.45, 7) is -0.157. The molecule has 0 aliphatic carbocycles. The number of carboxylic acid groups (broad SMARTS) is 1. The van der Waals surface area contributed by atoms with E-state index in [1.807, 2.05) is 0 Å². The zero-order chi connectivity index (χ0) is 10.3. The smallest absolute Gasteiger partial charge is 0.320 e. The lowest BCUT2D eigenvalue weighted by molar-refractivity contribution is -0.139. The topological polar surface area (TPSA) is 103 Å². The summed E-state index contributed by atoms with van der Waals surface area (Å²) in [6, 6.07) is -0.699. The number of nitrogens with zero attached hydrogens (tertiary/aromatic N) is 1. The molecule has 0 spiro atoms. The Bertz CT molecular complexity index is 205. The first-order valence-electron chi connectivity index (χ1n) is 3.86. The van der Waals surface area contributed by atoms with Gasteiger partial charge in [-0.2, -0.15) is 5.11 Å². The maximum atomic E-state index is 10.9. The number of likely N-dealkylation sites (N-methyl/N-ethyl adjacent to an activating group) is 1. The van der Waals surface area contributed by atoms with E-state index in [4.69, 9.17) is 10.6 Å². The largest absolute Gasteiger partial charge is 0.480 e.